The number of ether oxygens (including phenoxy) is 1. The first-order valence-corrected chi connectivity index (χ1v) is 11.8. The molecule has 2 aromatic carbocycles. The Morgan fingerprint density at radius 1 is 1.12 bits per heavy atom. The maximum atomic E-state index is 8.36. The van der Waals surface area contributed by atoms with Crippen LogP contribution in [0.5, 0.6) is 0 Å². The highest BCUT2D eigenvalue weighted by atomic mass is 35.5. The molecule has 0 saturated heterocycles. The number of thioether (sulfide) groups is 1. The second-order valence-corrected chi connectivity index (χ2v) is 9.12. The molecule has 0 aliphatic rings. The first-order chi connectivity index (χ1) is 15.2. The number of hydrogen-bond donors (Lipinski definition) is 1. The Bertz CT molecular complexity index is 1000. The minimum Gasteiger partial charge on any atom is -0.371 e. The van der Waals surface area contributed by atoms with E-state index in [9.17, 15) is 0 Å². The van der Waals surface area contributed by atoms with E-state index in [1.165, 1.54) is 0 Å². The molecule has 1 unspecified atom stereocenters. The van der Waals surface area contributed by atoms with Crippen molar-refractivity contribution in [3.63, 3.8) is 0 Å². The van der Waals surface area contributed by atoms with Gasteiger partial charge in [-0.05, 0) is 35.4 Å². The van der Waals surface area contributed by atoms with Crippen LogP contribution in [0.25, 0.3) is 0 Å². The van der Waals surface area contributed by atoms with Crippen molar-refractivity contribution in [3.8, 4) is 0 Å². The number of nitrogens with zero attached hydrogens (tertiary/aromatic N) is 3. The predicted molar refractivity (Wildman–Crippen MR) is 129 cm³/mol. The Hall–Kier alpha value is -1.68. The standard InChI is InChI=1S/C20H18Cl4N2OS.HNO3/c21-16-3-2-15(19(23)8-16)11-28-12-17(9-26-6-5-25-13-26)27-10-14-1-4-18(22)20(24)7-14;2-1(3)4/h1-8,13,17H,9-12H2;(H,2,3,4). The summed E-state index contributed by atoms with van der Waals surface area (Å²) in [5, 5.41) is 16.0. The van der Waals surface area contributed by atoms with Crippen LogP contribution in [0.3, 0.4) is 0 Å². The number of aromatic nitrogens is 2. The van der Waals surface area contributed by atoms with Crippen molar-refractivity contribution in [1.29, 1.82) is 0 Å². The van der Waals surface area contributed by atoms with Gasteiger partial charge in [-0.2, -0.15) is 11.8 Å². The van der Waals surface area contributed by atoms with Gasteiger partial charge in [0.25, 0.3) is 5.09 Å². The molecule has 1 aromatic heterocycles. The van der Waals surface area contributed by atoms with Gasteiger partial charge in [-0.1, -0.05) is 58.5 Å². The Morgan fingerprint density at radius 3 is 2.50 bits per heavy atom. The van der Waals surface area contributed by atoms with Gasteiger partial charge in [0.15, 0.2) is 0 Å². The molecule has 1 heterocycles. The zero-order chi connectivity index (χ0) is 23.5. The molecule has 172 valence electrons. The molecule has 3 rings (SSSR count). The van der Waals surface area contributed by atoms with Crippen LogP contribution in [0.4, 0.5) is 0 Å². The fraction of sp³-hybridized carbons (Fsp3) is 0.250. The summed E-state index contributed by atoms with van der Waals surface area (Å²) in [6.45, 7) is 1.17. The second-order valence-electron chi connectivity index (χ2n) is 6.43. The van der Waals surface area contributed by atoms with Gasteiger partial charge in [0.1, 0.15) is 0 Å². The highest BCUT2D eigenvalue weighted by Crippen LogP contribution is 2.26. The Balaban J connectivity index is 0.000000837. The molecule has 0 spiro atoms. The van der Waals surface area contributed by atoms with E-state index in [1.807, 2.05) is 35.0 Å². The average Bonchev–Trinajstić information content (AvgIpc) is 3.23. The minimum absolute atomic E-state index is 0.000251. The molecular weight excluding hydrogens is 520 g/mol. The Morgan fingerprint density at radius 2 is 1.88 bits per heavy atom. The predicted octanol–water partition coefficient (Wildman–Crippen LogP) is 6.67. The average molecular weight is 539 g/mol. The quantitative estimate of drug-likeness (QED) is 0.242. The molecule has 7 nitrogen and oxygen atoms in total. The van der Waals surface area contributed by atoms with Crippen LogP contribution in [-0.2, 0) is 23.6 Å². The van der Waals surface area contributed by atoms with E-state index in [1.54, 1.807) is 36.4 Å². The smallest absolute Gasteiger partial charge is 0.291 e. The summed E-state index contributed by atoms with van der Waals surface area (Å²) in [5.41, 5.74) is 2.04. The van der Waals surface area contributed by atoms with Gasteiger partial charge in [-0.25, -0.2) is 4.98 Å². The molecule has 1 N–H and O–H groups in total. The maximum Gasteiger partial charge on any atom is 0.291 e. The second kappa shape index (κ2) is 13.8. The minimum atomic E-state index is -1.50. The Labute approximate surface area is 209 Å². The van der Waals surface area contributed by atoms with Crippen molar-refractivity contribution in [3.05, 3.63) is 96.5 Å². The van der Waals surface area contributed by atoms with E-state index in [2.05, 4.69) is 4.98 Å². The van der Waals surface area contributed by atoms with Crippen molar-refractivity contribution >= 4 is 58.2 Å². The van der Waals surface area contributed by atoms with Gasteiger partial charge in [0.2, 0.25) is 0 Å². The first kappa shape index (κ1) is 26.6. The van der Waals surface area contributed by atoms with Crippen LogP contribution in [-0.4, -0.2) is 31.7 Å². The summed E-state index contributed by atoms with van der Waals surface area (Å²) >= 11 is 26.1. The number of halogens is 4. The van der Waals surface area contributed by atoms with Crippen LogP contribution in [0.2, 0.25) is 20.1 Å². The zero-order valence-corrected chi connectivity index (χ0v) is 20.4. The van der Waals surface area contributed by atoms with E-state index >= 15 is 0 Å². The fourth-order valence-electron chi connectivity index (χ4n) is 2.57. The molecule has 0 radical (unpaired) electrons. The zero-order valence-electron chi connectivity index (χ0n) is 16.5. The molecule has 0 fully saturated rings. The van der Waals surface area contributed by atoms with Gasteiger partial charge >= 0.3 is 0 Å². The molecule has 12 heteroatoms. The molecule has 0 bridgehead atoms. The molecular formula is C20H19Cl4N3O4S. The third-order valence-corrected chi connectivity index (χ3v) is 6.47. The Kier molecular flexibility index (Phi) is 11.4. The number of benzene rings is 2. The maximum absolute atomic E-state index is 8.36. The summed E-state index contributed by atoms with van der Waals surface area (Å²) in [7, 11) is 0. The molecule has 1 atom stereocenters. The highest BCUT2D eigenvalue weighted by molar-refractivity contribution is 7.98. The third kappa shape index (κ3) is 9.85. The molecule has 0 aliphatic heterocycles. The van der Waals surface area contributed by atoms with Crippen molar-refractivity contribution < 1.29 is 15.0 Å². The van der Waals surface area contributed by atoms with E-state index in [-0.39, 0.29) is 6.10 Å². The lowest BCUT2D eigenvalue weighted by Crippen LogP contribution is -2.22. The summed E-state index contributed by atoms with van der Waals surface area (Å²) in [4.78, 5) is 12.5. The number of hydrogen-bond acceptors (Lipinski definition) is 5. The van der Waals surface area contributed by atoms with Gasteiger partial charge in [-0.15, -0.1) is 10.1 Å². The lowest BCUT2D eigenvalue weighted by Gasteiger charge is -2.19. The van der Waals surface area contributed by atoms with Crippen LogP contribution >= 0.6 is 58.2 Å². The van der Waals surface area contributed by atoms with Crippen molar-refractivity contribution in [1.82, 2.24) is 9.55 Å². The van der Waals surface area contributed by atoms with Crippen molar-refractivity contribution in [2.24, 2.45) is 0 Å². The van der Waals surface area contributed by atoms with E-state index in [0.29, 0.717) is 33.2 Å². The first-order valence-electron chi connectivity index (χ1n) is 9.10. The van der Waals surface area contributed by atoms with Crippen LogP contribution < -0.4 is 0 Å². The summed E-state index contributed by atoms with van der Waals surface area (Å²) < 4.78 is 8.17. The summed E-state index contributed by atoms with van der Waals surface area (Å²) in [5.74, 6) is 1.59. The number of rotatable bonds is 9. The van der Waals surface area contributed by atoms with Crippen LogP contribution in [0.1, 0.15) is 11.1 Å². The molecule has 32 heavy (non-hydrogen) atoms. The lowest BCUT2D eigenvalue weighted by molar-refractivity contribution is -0.742. The molecule has 3 aromatic rings. The molecule has 0 aliphatic carbocycles. The van der Waals surface area contributed by atoms with Crippen molar-refractivity contribution in [2.45, 2.75) is 25.0 Å². The normalized spacial score (nSPS) is 11.5. The number of imidazole rings is 1. The van der Waals surface area contributed by atoms with Gasteiger partial charge in [0.05, 0.1) is 35.6 Å². The van der Waals surface area contributed by atoms with E-state index < -0.39 is 5.09 Å². The van der Waals surface area contributed by atoms with Gasteiger partial charge in [-0.3, -0.25) is 0 Å². The van der Waals surface area contributed by atoms with Crippen LogP contribution in [0, 0.1) is 10.1 Å². The van der Waals surface area contributed by atoms with E-state index in [0.717, 1.165) is 22.6 Å². The van der Waals surface area contributed by atoms with Gasteiger partial charge < -0.3 is 14.5 Å². The summed E-state index contributed by atoms with van der Waals surface area (Å²) in [6, 6.07) is 11.1. The lowest BCUT2D eigenvalue weighted by atomic mass is 10.2. The highest BCUT2D eigenvalue weighted by Gasteiger charge is 2.12. The largest absolute Gasteiger partial charge is 0.371 e. The van der Waals surface area contributed by atoms with Gasteiger partial charge in [0, 0.05) is 33.9 Å². The third-order valence-electron chi connectivity index (χ3n) is 4.02. The fourth-order valence-corrected chi connectivity index (χ4v) is 4.50. The van der Waals surface area contributed by atoms with Crippen molar-refractivity contribution in [2.75, 3.05) is 5.75 Å². The topological polar surface area (TPSA) is 90.4 Å². The van der Waals surface area contributed by atoms with Crippen LogP contribution in [0.15, 0.2) is 55.1 Å². The van der Waals surface area contributed by atoms with E-state index in [4.69, 9.17) is 66.5 Å². The monoisotopic (exact) mass is 537 g/mol. The SMILES string of the molecule is Clc1ccc(CSCC(Cn2ccnc2)OCc2ccc(Cl)c(Cl)c2)c(Cl)c1.O=[N+]([O-])O. The molecule has 0 saturated carbocycles. The molecule has 0 amide bonds. The summed E-state index contributed by atoms with van der Waals surface area (Å²) in [6.07, 6.45) is 5.48.